The Balaban J connectivity index is 1.88. The molecule has 3 rings (SSSR count). The molecule has 0 bridgehead atoms. The zero-order valence-electron chi connectivity index (χ0n) is 14.2. The summed E-state index contributed by atoms with van der Waals surface area (Å²) in [6.07, 6.45) is 0.379. The summed E-state index contributed by atoms with van der Waals surface area (Å²) in [5.74, 6) is -5.75. The van der Waals surface area contributed by atoms with Gasteiger partial charge in [-0.1, -0.05) is 0 Å². The molecule has 3 atom stereocenters. The van der Waals surface area contributed by atoms with Crippen molar-refractivity contribution in [3.63, 3.8) is 0 Å². The van der Waals surface area contributed by atoms with Gasteiger partial charge in [-0.25, -0.2) is 18.6 Å². The van der Waals surface area contributed by atoms with Gasteiger partial charge in [0.1, 0.15) is 10.1 Å². The minimum Gasteiger partial charge on any atom is -0.504 e. The molecule has 1 aromatic rings. The Bertz CT molecular complexity index is 1040. The van der Waals surface area contributed by atoms with Crippen LogP contribution in [0.5, 0.6) is 17.2 Å². The first-order valence-corrected chi connectivity index (χ1v) is 9.34. The van der Waals surface area contributed by atoms with Crippen molar-refractivity contribution < 1.29 is 43.2 Å². The predicted molar refractivity (Wildman–Crippen MR) is 91.4 cm³/mol. The van der Waals surface area contributed by atoms with Crippen LogP contribution in [-0.2, 0) is 19.4 Å². The smallest absolute Gasteiger partial charge is 0.328 e. The van der Waals surface area contributed by atoms with Crippen LogP contribution >= 0.6 is 0 Å². The molecule has 2 amide bonds. The quantitative estimate of drug-likeness (QED) is 0.173. The van der Waals surface area contributed by atoms with E-state index in [2.05, 4.69) is 5.10 Å². The van der Waals surface area contributed by atoms with Crippen LogP contribution in [0.15, 0.2) is 17.2 Å². The molecule has 0 spiro atoms. The van der Waals surface area contributed by atoms with Crippen LogP contribution in [0.3, 0.4) is 0 Å². The van der Waals surface area contributed by atoms with Gasteiger partial charge in [0.05, 0.1) is 12.0 Å². The van der Waals surface area contributed by atoms with E-state index in [1.807, 2.05) is 5.43 Å². The summed E-state index contributed by atoms with van der Waals surface area (Å²) < 4.78 is 23.2. The third-order valence-electron chi connectivity index (χ3n) is 4.84. The molecule has 0 radical (unpaired) electrons. The van der Waals surface area contributed by atoms with E-state index in [0.717, 1.165) is 24.0 Å². The van der Waals surface area contributed by atoms with E-state index in [-0.39, 0.29) is 6.42 Å². The number of fused-ring (bicyclic) bond motifs is 1. The Morgan fingerprint density at radius 1 is 1.29 bits per heavy atom. The largest absolute Gasteiger partial charge is 0.504 e. The fourth-order valence-corrected chi connectivity index (χ4v) is 5.45. The maximum Gasteiger partial charge on any atom is 0.328 e. The first-order chi connectivity index (χ1) is 12.9. The minimum atomic E-state index is -4.14. The summed E-state index contributed by atoms with van der Waals surface area (Å²) in [4.78, 5) is 36.1. The number of carbonyl (C=O) groups is 3. The number of hydrogen-bond acceptors (Lipinski definition) is 9. The summed E-state index contributed by atoms with van der Waals surface area (Å²) in [6.45, 7) is 1.08. The topological polar surface area (TPSA) is 194 Å². The number of carboxylic acid groups (broad SMARTS) is 1. The van der Waals surface area contributed by atoms with Gasteiger partial charge in [-0.3, -0.25) is 9.59 Å². The average Bonchev–Trinajstić information content (AvgIpc) is 2.74. The molecule has 1 aromatic carbocycles. The number of sulfone groups is 1. The summed E-state index contributed by atoms with van der Waals surface area (Å²) in [5, 5.41) is 40.0. The van der Waals surface area contributed by atoms with Gasteiger partial charge in [-0.05, 0) is 19.1 Å². The molecular formula is C15H15N3O9S. The number of nitrogens with zero attached hydrogens (tertiary/aromatic N) is 2. The number of amides is 2. The van der Waals surface area contributed by atoms with Crippen LogP contribution < -0.4 is 5.43 Å². The predicted octanol–water partition coefficient (Wildman–Crippen LogP) is -1.28. The summed E-state index contributed by atoms with van der Waals surface area (Å²) in [6, 6.07) is 0.206. The van der Waals surface area contributed by atoms with Crippen LogP contribution in [0.2, 0.25) is 0 Å². The molecular weight excluding hydrogens is 398 g/mol. The third-order valence-corrected chi connectivity index (χ3v) is 7.50. The van der Waals surface area contributed by atoms with Crippen molar-refractivity contribution >= 4 is 33.8 Å². The van der Waals surface area contributed by atoms with E-state index in [1.54, 1.807) is 0 Å². The monoisotopic (exact) mass is 413 g/mol. The van der Waals surface area contributed by atoms with Crippen molar-refractivity contribution in [2.45, 2.75) is 29.5 Å². The second kappa shape index (κ2) is 6.09. The van der Waals surface area contributed by atoms with Gasteiger partial charge in [0.2, 0.25) is 11.7 Å². The number of aromatic hydroxyl groups is 3. The highest BCUT2D eigenvalue weighted by Gasteiger charge is 2.69. The molecule has 2 fully saturated rings. The maximum absolute atomic E-state index is 12.7. The molecule has 0 unspecified atom stereocenters. The molecule has 2 aliphatic rings. The zero-order valence-corrected chi connectivity index (χ0v) is 15.0. The normalized spacial score (nSPS) is 28.0. The Morgan fingerprint density at radius 2 is 1.93 bits per heavy atom. The second-order valence-corrected chi connectivity index (χ2v) is 8.97. The van der Waals surface area contributed by atoms with Crippen LogP contribution in [0, 0.1) is 0 Å². The van der Waals surface area contributed by atoms with Crippen LogP contribution in [0.4, 0.5) is 0 Å². The molecule has 12 nitrogen and oxygen atoms in total. The fraction of sp³-hybridized carbons (Fsp3) is 0.333. The number of aliphatic carboxylic acids is 1. The van der Waals surface area contributed by atoms with E-state index < -0.39 is 66.6 Å². The van der Waals surface area contributed by atoms with Crippen molar-refractivity contribution in [2.24, 2.45) is 5.10 Å². The SMILES string of the molecule is C[C@]1(/C=N/NC(=O)c2ccc(O)c(O)c2O)[C@H](C(=O)O)N2C(=O)C[C@H]2S1(=O)=O. The lowest BCUT2D eigenvalue weighted by molar-refractivity contribution is -0.156. The van der Waals surface area contributed by atoms with Gasteiger partial charge in [-0.2, -0.15) is 5.10 Å². The lowest BCUT2D eigenvalue weighted by Gasteiger charge is -2.35. The van der Waals surface area contributed by atoms with Gasteiger partial charge in [0.25, 0.3) is 5.91 Å². The Morgan fingerprint density at radius 3 is 2.50 bits per heavy atom. The number of phenols is 3. The fourth-order valence-electron chi connectivity index (χ4n) is 3.24. The Kier molecular flexibility index (Phi) is 4.22. The number of phenolic OH excluding ortho intramolecular Hbond substituents is 3. The van der Waals surface area contributed by atoms with Gasteiger partial charge < -0.3 is 25.3 Å². The number of carboxylic acids is 1. The van der Waals surface area contributed by atoms with Gasteiger partial charge in [0.15, 0.2) is 27.4 Å². The Hall–Kier alpha value is -3.35. The van der Waals surface area contributed by atoms with Crippen molar-refractivity contribution in [1.82, 2.24) is 10.3 Å². The summed E-state index contributed by atoms with van der Waals surface area (Å²) in [7, 11) is -4.14. The van der Waals surface area contributed by atoms with E-state index in [4.69, 9.17) is 0 Å². The summed E-state index contributed by atoms with van der Waals surface area (Å²) in [5.41, 5.74) is 1.44. The number of benzene rings is 1. The number of β-lactam (4-membered cyclic amide) rings is 1. The first-order valence-electron chi connectivity index (χ1n) is 7.79. The molecule has 13 heteroatoms. The molecule has 2 saturated heterocycles. The molecule has 2 aliphatic heterocycles. The number of hydrazone groups is 1. The van der Waals surface area contributed by atoms with Crippen LogP contribution in [0.25, 0.3) is 0 Å². The van der Waals surface area contributed by atoms with E-state index in [9.17, 15) is 43.2 Å². The van der Waals surface area contributed by atoms with Crippen molar-refractivity contribution in [1.29, 1.82) is 0 Å². The van der Waals surface area contributed by atoms with Gasteiger partial charge in [-0.15, -0.1) is 0 Å². The number of nitrogens with one attached hydrogen (secondary N) is 1. The van der Waals surface area contributed by atoms with Gasteiger partial charge in [0, 0.05) is 6.21 Å². The van der Waals surface area contributed by atoms with Crippen molar-refractivity contribution in [3.05, 3.63) is 17.7 Å². The first kappa shape index (κ1) is 19.4. The molecule has 0 aliphatic carbocycles. The van der Waals surface area contributed by atoms with Gasteiger partial charge >= 0.3 is 5.97 Å². The third kappa shape index (κ3) is 2.46. The second-order valence-electron chi connectivity index (χ2n) is 6.46. The average molecular weight is 413 g/mol. The van der Waals surface area contributed by atoms with Crippen LogP contribution in [-0.4, -0.2) is 73.9 Å². The van der Waals surface area contributed by atoms with E-state index >= 15 is 0 Å². The Labute approximate surface area is 157 Å². The molecule has 0 saturated carbocycles. The highest BCUT2D eigenvalue weighted by molar-refractivity contribution is 7.94. The number of rotatable bonds is 4. The zero-order chi connectivity index (χ0) is 21.0. The number of hydrogen-bond donors (Lipinski definition) is 5. The molecule has 150 valence electrons. The number of carbonyl (C=O) groups excluding carboxylic acids is 2. The minimum absolute atomic E-state index is 0.331. The van der Waals surface area contributed by atoms with E-state index in [1.165, 1.54) is 0 Å². The molecule has 5 N–H and O–H groups in total. The van der Waals surface area contributed by atoms with Crippen molar-refractivity contribution in [2.75, 3.05) is 0 Å². The molecule has 28 heavy (non-hydrogen) atoms. The summed E-state index contributed by atoms with van der Waals surface area (Å²) >= 11 is 0. The lowest BCUT2D eigenvalue weighted by atomic mass is 9.97. The highest BCUT2D eigenvalue weighted by atomic mass is 32.2. The van der Waals surface area contributed by atoms with Crippen LogP contribution in [0.1, 0.15) is 23.7 Å². The lowest BCUT2D eigenvalue weighted by Crippen LogP contribution is -2.57. The molecule has 0 aromatic heterocycles. The van der Waals surface area contributed by atoms with E-state index in [0.29, 0.717) is 6.21 Å². The maximum atomic E-state index is 12.7. The van der Waals surface area contributed by atoms with Crippen molar-refractivity contribution in [3.8, 4) is 17.2 Å². The standard InChI is InChI=1S/C15H15N3O9S/c1-15(12(14(24)25)18-8(20)4-9(18)28(15,26)27)5-16-17-13(23)6-2-3-7(19)11(22)10(6)21/h2-3,5,9,12,19,21-22H,4H2,1H3,(H,17,23)(H,24,25)/b16-5+/t9-,12+,15+/m1/s1. The highest BCUT2D eigenvalue weighted by Crippen LogP contribution is 2.45. The molecule has 2 heterocycles.